The Bertz CT molecular complexity index is 754. The van der Waals surface area contributed by atoms with Crippen LogP contribution in [0.25, 0.3) is 11.2 Å². The van der Waals surface area contributed by atoms with Crippen LogP contribution in [0, 0.1) is 5.92 Å². The summed E-state index contributed by atoms with van der Waals surface area (Å²) in [5.74, 6) is 1.38. The molecule has 0 saturated carbocycles. The largest absolute Gasteiger partial charge is 0.336 e. The third kappa shape index (κ3) is 3.55. The Morgan fingerprint density at radius 2 is 2.09 bits per heavy atom. The van der Waals surface area contributed by atoms with Gasteiger partial charge in [-0.25, -0.2) is 9.78 Å². The number of aromatic amines is 2. The molecule has 1 unspecified atom stereocenters. The minimum atomic E-state index is -0.452. The lowest BCUT2D eigenvalue weighted by atomic mass is 9.99. The van der Waals surface area contributed by atoms with Crippen LogP contribution in [-0.4, -0.2) is 19.5 Å². The van der Waals surface area contributed by atoms with Crippen molar-refractivity contribution in [1.29, 1.82) is 0 Å². The van der Waals surface area contributed by atoms with Crippen molar-refractivity contribution >= 4 is 11.2 Å². The molecule has 6 heteroatoms. The van der Waals surface area contributed by atoms with Crippen LogP contribution >= 0.6 is 0 Å². The number of rotatable bonds is 8. The van der Waals surface area contributed by atoms with Gasteiger partial charge in [-0.3, -0.25) is 14.3 Å². The molecule has 2 aromatic rings. The topological polar surface area (TPSA) is 83.5 Å². The van der Waals surface area contributed by atoms with Gasteiger partial charge in [-0.2, -0.15) is 0 Å². The molecule has 0 aliphatic heterocycles. The number of nitrogens with zero attached hydrogens (tertiary/aromatic N) is 2. The first kappa shape index (κ1) is 16.3. The number of unbranched alkanes of at least 4 members (excludes halogenated alkanes) is 1. The minimum absolute atomic E-state index is 0.187. The van der Waals surface area contributed by atoms with Crippen molar-refractivity contribution in [2.45, 2.75) is 52.5 Å². The van der Waals surface area contributed by atoms with Crippen LogP contribution in [0.1, 0.15) is 45.4 Å². The maximum absolute atomic E-state index is 12.3. The van der Waals surface area contributed by atoms with Crippen LogP contribution in [0.3, 0.4) is 0 Å². The van der Waals surface area contributed by atoms with E-state index in [0.717, 1.165) is 23.2 Å². The minimum Gasteiger partial charge on any atom is -0.336 e. The van der Waals surface area contributed by atoms with Crippen LogP contribution < -0.4 is 11.2 Å². The van der Waals surface area contributed by atoms with E-state index in [1.165, 1.54) is 25.3 Å². The van der Waals surface area contributed by atoms with Crippen LogP contribution in [0.15, 0.2) is 22.2 Å². The predicted octanol–water partition coefficient (Wildman–Crippen LogP) is 2.36. The van der Waals surface area contributed by atoms with E-state index in [0.29, 0.717) is 17.1 Å². The van der Waals surface area contributed by atoms with E-state index >= 15 is 0 Å². The smallest absolute Gasteiger partial charge is 0.330 e. The van der Waals surface area contributed by atoms with Crippen molar-refractivity contribution < 1.29 is 0 Å². The van der Waals surface area contributed by atoms with Crippen molar-refractivity contribution in [1.82, 2.24) is 19.5 Å². The number of hydrogen-bond donors (Lipinski definition) is 2. The summed E-state index contributed by atoms with van der Waals surface area (Å²) in [4.78, 5) is 34.1. The summed E-state index contributed by atoms with van der Waals surface area (Å²) in [5.41, 5.74) is -0.104. The average Bonchev–Trinajstić information content (AvgIpc) is 2.90. The number of allylic oxidation sites excluding steroid dienone is 1. The Labute approximate surface area is 129 Å². The van der Waals surface area contributed by atoms with Crippen LogP contribution in [0.4, 0.5) is 0 Å². The van der Waals surface area contributed by atoms with Gasteiger partial charge in [0.25, 0.3) is 5.56 Å². The van der Waals surface area contributed by atoms with Gasteiger partial charge in [0.15, 0.2) is 5.65 Å². The van der Waals surface area contributed by atoms with Crippen molar-refractivity contribution in [2.24, 2.45) is 5.92 Å². The summed E-state index contributed by atoms with van der Waals surface area (Å²) in [6, 6.07) is 0. The number of nitrogens with one attached hydrogen (secondary N) is 2. The second-order valence-corrected chi connectivity index (χ2v) is 5.83. The number of imidazole rings is 1. The van der Waals surface area contributed by atoms with Gasteiger partial charge in [-0.15, -0.1) is 6.58 Å². The molecule has 0 amide bonds. The molecule has 6 nitrogen and oxygen atoms in total. The fourth-order valence-corrected chi connectivity index (χ4v) is 2.56. The van der Waals surface area contributed by atoms with Gasteiger partial charge < -0.3 is 4.98 Å². The van der Waals surface area contributed by atoms with Gasteiger partial charge in [0.1, 0.15) is 11.3 Å². The van der Waals surface area contributed by atoms with Crippen molar-refractivity contribution in [3.63, 3.8) is 0 Å². The standard InChI is InChI=1S/C16H24N4O2/c1-4-6-7-11(3)8-9-12-17-13-14(18-12)19-16(22)20(10-5-2)15(13)21/h5,11H,2,4,6-10H2,1,3H3,(H,17,18)(H,19,22). The monoisotopic (exact) mass is 304 g/mol. The molecule has 120 valence electrons. The Balaban J connectivity index is 2.20. The summed E-state index contributed by atoms with van der Waals surface area (Å²) in [5, 5.41) is 0. The Kier molecular flexibility index (Phi) is 5.35. The molecule has 0 aliphatic carbocycles. The van der Waals surface area contributed by atoms with E-state index in [9.17, 15) is 9.59 Å². The zero-order valence-electron chi connectivity index (χ0n) is 13.3. The van der Waals surface area contributed by atoms with E-state index in [1.807, 2.05) is 0 Å². The molecule has 1 atom stereocenters. The third-order valence-electron chi connectivity index (χ3n) is 3.92. The summed E-state index contributed by atoms with van der Waals surface area (Å²) >= 11 is 0. The number of hydrogen-bond acceptors (Lipinski definition) is 3. The molecule has 2 N–H and O–H groups in total. The highest BCUT2D eigenvalue weighted by molar-refractivity contribution is 5.68. The summed E-state index contributed by atoms with van der Waals surface area (Å²) in [6.07, 6.45) is 6.97. The van der Waals surface area contributed by atoms with E-state index in [1.54, 1.807) is 0 Å². The first-order chi connectivity index (χ1) is 10.6. The second kappa shape index (κ2) is 7.24. The SMILES string of the molecule is C=CCn1c(=O)[nH]c2nc(CCC(C)CCCC)[nH]c2c1=O. The third-order valence-corrected chi connectivity index (χ3v) is 3.92. The van der Waals surface area contributed by atoms with Crippen LogP contribution in [0.5, 0.6) is 0 Å². The van der Waals surface area contributed by atoms with E-state index in [4.69, 9.17) is 0 Å². The van der Waals surface area contributed by atoms with Gasteiger partial charge in [0.2, 0.25) is 0 Å². The van der Waals surface area contributed by atoms with Crippen molar-refractivity contribution in [2.75, 3.05) is 0 Å². The quantitative estimate of drug-likeness (QED) is 0.734. The molecule has 22 heavy (non-hydrogen) atoms. The number of aryl methyl sites for hydroxylation is 1. The fraction of sp³-hybridized carbons (Fsp3) is 0.562. The maximum Gasteiger partial charge on any atom is 0.330 e. The highest BCUT2D eigenvalue weighted by atomic mass is 16.2. The summed E-state index contributed by atoms with van der Waals surface area (Å²) in [6.45, 7) is 8.17. The van der Waals surface area contributed by atoms with E-state index in [-0.39, 0.29) is 12.1 Å². The molecule has 0 spiro atoms. The lowest BCUT2D eigenvalue weighted by molar-refractivity contribution is 0.468. The lowest BCUT2D eigenvalue weighted by Gasteiger charge is -2.08. The molecule has 2 aromatic heterocycles. The molecule has 0 bridgehead atoms. The van der Waals surface area contributed by atoms with Gasteiger partial charge in [-0.05, 0) is 12.3 Å². The normalized spacial score (nSPS) is 12.6. The average molecular weight is 304 g/mol. The molecule has 2 heterocycles. The van der Waals surface area contributed by atoms with Gasteiger partial charge in [-0.1, -0.05) is 39.2 Å². The highest BCUT2D eigenvalue weighted by Crippen LogP contribution is 2.15. The maximum atomic E-state index is 12.3. The molecule has 0 aromatic carbocycles. The number of H-pyrrole nitrogens is 2. The zero-order chi connectivity index (χ0) is 16.1. The van der Waals surface area contributed by atoms with Gasteiger partial charge in [0.05, 0.1) is 0 Å². The molecule has 0 radical (unpaired) electrons. The first-order valence-electron chi connectivity index (χ1n) is 7.89. The highest BCUT2D eigenvalue weighted by Gasteiger charge is 2.12. The Morgan fingerprint density at radius 3 is 2.77 bits per heavy atom. The predicted molar refractivity (Wildman–Crippen MR) is 88.2 cm³/mol. The molecule has 0 saturated heterocycles. The van der Waals surface area contributed by atoms with Gasteiger partial charge >= 0.3 is 5.69 Å². The summed E-state index contributed by atoms with van der Waals surface area (Å²) < 4.78 is 1.11. The number of aromatic nitrogens is 4. The van der Waals surface area contributed by atoms with E-state index in [2.05, 4.69) is 35.4 Å². The molecular formula is C16H24N4O2. The van der Waals surface area contributed by atoms with Crippen molar-refractivity contribution in [3.05, 3.63) is 39.3 Å². The molecular weight excluding hydrogens is 280 g/mol. The molecule has 2 rings (SSSR count). The van der Waals surface area contributed by atoms with Crippen molar-refractivity contribution in [3.8, 4) is 0 Å². The van der Waals surface area contributed by atoms with Crippen LogP contribution in [0.2, 0.25) is 0 Å². The Morgan fingerprint density at radius 1 is 1.32 bits per heavy atom. The van der Waals surface area contributed by atoms with Crippen LogP contribution in [-0.2, 0) is 13.0 Å². The van der Waals surface area contributed by atoms with Gasteiger partial charge in [0, 0.05) is 13.0 Å². The molecule has 0 fully saturated rings. The first-order valence-corrected chi connectivity index (χ1v) is 7.89. The second-order valence-electron chi connectivity index (χ2n) is 5.83. The molecule has 0 aliphatic rings. The lowest BCUT2D eigenvalue weighted by Crippen LogP contribution is -2.34. The van der Waals surface area contributed by atoms with E-state index < -0.39 is 5.69 Å². The Hall–Kier alpha value is -2.11. The zero-order valence-corrected chi connectivity index (χ0v) is 13.3. The summed E-state index contributed by atoms with van der Waals surface area (Å²) in [7, 11) is 0. The fourth-order valence-electron chi connectivity index (χ4n) is 2.56. The number of fused-ring (bicyclic) bond motifs is 1.